The summed E-state index contributed by atoms with van der Waals surface area (Å²) in [7, 11) is 0. The zero-order valence-corrected chi connectivity index (χ0v) is 14.3. The van der Waals surface area contributed by atoms with Crippen LogP contribution in [-0.4, -0.2) is 54.8 Å². The molecule has 0 saturated carbocycles. The van der Waals surface area contributed by atoms with E-state index in [1.54, 1.807) is 0 Å². The molecule has 3 rings (SSSR count). The molecule has 2 heterocycles. The lowest BCUT2D eigenvalue weighted by molar-refractivity contribution is -0.0139. The van der Waals surface area contributed by atoms with E-state index >= 15 is 0 Å². The van der Waals surface area contributed by atoms with E-state index in [0.29, 0.717) is 5.56 Å². The first-order valence-electron chi connectivity index (χ1n) is 8.19. The van der Waals surface area contributed by atoms with Crippen LogP contribution < -0.4 is 5.32 Å². The maximum atomic E-state index is 13.4. The highest BCUT2D eigenvalue weighted by Crippen LogP contribution is 2.34. The lowest BCUT2D eigenvalue weighted by atomic mass is 9.94. The summed E-state index contributed by atoms with van der Waals surface area (Å²) in [5.74, 6) is 1.23. The van der Waals surface area contributed by atoms with E-state index in [1.807, 2.05) is 18.7 Å². The minimum absolute atomic E-state index is 0.0799. The van der Waals surface area contributed by atoms with Crippen LogP contribution in [0, 0.1) is 11.6 Å². The van der Waals surface area contributed by atoms with Crippen LogP contribution in [0.15, 0.2) is 18.2 Å². The second kappa shape index (κ2) is 7.47. The van der Waals surface area contributed by atoms with Gasteiger partial charge in [-0.3, -0.25) is 4.90 Å². The molecule has 2 fully saturated rings. The van der Waals surface area contributed by atoms with Gasteiger partial charge in [0.1, 0.15) is 11.6 Å². The molecule has 1 aromatic rings. The van der Waals surface area contributed by atoms with Crippen molar-refractivity contribution in [3.8, 4) is 0 Å². The number of rotatable bonds is 5. The Bertz CT molecular complexity index is 511. The number of thioether (sulfide) groups is 1. The van der Waals surface area contributed by atoms with Crippen LogP contribution in [0.25, 0.3) is 0 Å². The topological polar surface area (TPSA) is 24.5 Å². The number of nitrogens with one attached hydrogen (secondary N) is 1. The lowest BCUT2D eigenvalue weighted by Crippen LogP contribution is -2.58. The van der Waals surface area contributed by atoms with Gasteiger partial charge in [0.25, 0.3) is 0 Å². The molecule has 0 aliphatic carbocycles. The van der Waals surface area contributed by atoms with E-state index in [2.05, 4.69) is 10.2 Å². The highest BCUT2D eigenvalue weighted by Gasteiger charge is 2.40. The fourth-order valence-corrected chi connectivity index (χ4v) is 4.90. The van der Waals surface area contributed by atoms with Crippen LogP contribution in [0.3, 0.4) is 0 Å². The lowest BCUT2D eigenvalue weighted by Gasteiger charge is -2.43. The van der Waals surface area contributed by atoms with Crippen molar-refractivity contribution in [3.63, 3.8) is 0 Å². The summed E-state index contributed by atoms with van der Waals surface area (Å²) < 4.78 is 32.3. The van der Waals surface area contributed by atoms with Crippen molar-refractivity contribution >= 4 is 11.8 Å². The van der Waals surface area contributed by atoms with Gasteiger partial charge in [-0.15, -0.1) is 0 Å². The number of halogens is 2. The Morgan fingerprint density at radius 3 is 2.57 bits per heavy atom. The maximum absolute atomic E-state index is 13.4. The van der Waals surface area contributed by atoms with E-state index in [1.165, 1.54) is 17.9 Å². The molecule has 23 heavy (non-hydrogen) atoms. The smallest absolute Gasteiger partial charge is 0.126 e. The Balaban J connectivity index is 1.66. The Hall–Kier alpha value is -0.690. The van der Waals surface area contributed by atoms with Crippen molar-refractivity contribution in [3.05, 3.63) is 35.4 Å². The molecule has 2 aliphatic rings. The summed E-state index contributed by atoms with van der Waals surface area (Å²) in [5, 5.41) is 3.50. The molecule has 1 N–H and O–H groups in total. The molecule has 0 radical (unpaired) electrons. The van der Waals surface area contributed by atoms with Crippen LogP contribution in [0.2, 0.25) is 0 Å². The molecular weight excluding hydrogens is 318 g/mol. The van der Waals surface area contributed by atoms with Crippen molar-refractivity contribution in [2.45, 2.75) is 24.9 Å². The Morgan fingerprint density at radius 1 is 1.26 bits per heavy atom. The average Bonchev–Trinajstić information content (AvgIpc) is 3.03. The van der Waals surface area contributed by atoms with E-state index < -0.39 is 11.6 Å². The monoisotopic (exact) mass is 342 g/mol. The van der Waals surface area contributed by atoms with Gasteiger partial charge < -0.3 is 10.1 Å². The summed E-state index contributed by atoms with van der Waals surface area (Å²) in [6.07, 6.45) is 1.15. The molecular formula is C17H24F2N2OS. The highest BCUT2D eigenvalue weighted by molar-refractivity contribution is 7.99. The summed E-state index contributed by atoms with van der Waals surface area (Å²) >= 11 is 1.98. The van der Waals surface area contributed by atoms with E-state index in [9.17, 15) is 8.78 Å². The average molecular weight is 342 g/mol. The number of hydrogen-bond acceptors (Lipinski definition) is 4. The first kappa shape index (κ1) is 17.1. The molecule has 0 unspecified atom stereocenters. The number of ether oxygens (including phenoxy) is 1. The van der Waals surface area contributed by atoms with Crippen LogP contribution in [0.4, 0.5) is 8.78 Å². The minimum atomic E-state index is -0.520. The molecule has 2 aliphatic heterocycles. The molecule has 0 aromatic heterocycles. The molecule has 3 nitrogen and oxygen atoms in total. The van der Waals surface area contributed by atoms with Gasteiger partial charge in [0.15, 0.2) is 0 Å². The molecule has 2 saturated heterocycles. The maximum Gasteiger partial charge on any atom is 0.126 e. The highest BCUT2D eigenvalue weighted by atomic mass is 32.2. The first-order valence-corrected chi connectivity index (χ1v) is 9.34. The van der Waals surface area contributed by atoms with E-state index in [0.717, 1.165) is 51.1 Å². The van der Waals surface area contributed by atoms with Gasteiger partial charge in [-0.2, -0.15) is 11.8 Å². The largest absolute Gasteiger partial charge is 0.379 e. The van der Waals surface area contributed by atoms with Gasteiger partial charge in [0.05, 0.1) is 13.2 Å². The fourth-order valence-electron chi connectivity index (χ4n) is 3.42. The SMILES string of the molecule is C[C@@H](NC[C@]1(N2CCOCC2)CCSC1)c1cc(F)cc(F)c1. The van der Waals surface area contributed by atoms with Crippen molar-refractivity contribution < 1.29 is 13.5 Å². The van der Waals surface area contributed by atoms with Gasteiger partial charge in [0.2, 0.25) is 0 Å². The van der Waals surface area contributed by atoms with Gasteiger partial charge in [-0.05, 0) is 36.8 Å². The van der Waals surface area contributed by atoms with Crippen LogP contribution in [-0.2, 0) is 4.74 Å². The standard InChI is InChI=1S/C17H24F2N2OS/c1-13(14-8-15(18)10-16(19)9-14)20-11-17(2-7-23-12-17)21-3-5-22-6-4-21/h8-10,13,20H,2-7,11-12H2,1H3/t13-,17-/m1/s1. The van der Waals surface area contributed by atoms with Gasteiger partial charge >= 0.3 is 0 Å². The number of benzene rings is 1. The second-order valence-corrected chi connectivity index (χ2v) is 7.54. The predicted octanol–water partition coefficient (Wildman–Crippen LogP) is 2.82. The van der Waals surface area contributed by atoms with Gasteiger partial charge in [-0.25, -0.2) is 8.78 Å². The third kappa shape index (κ3) is 4.05. The van der Waals surface area contributed by atoms with Crippen LogP contribution in [0.5, 0.6) is 0 Å². The third-order valence-corrected chi connectivity index (χ3v) is 6.12. The molecule has 0 spiro atoms. The number of morpholine rings is 1. The Morgan fingerprint density at radius 2 is 1.96 bits per heavy atom. The minimum Gasteiger partial charge on any atom is -0.379 e. The molecule has 2 atom stereocenters. The summed E-state index contributed by atoms with van der Waals surface area (Å²) in [6, 6.07) is 3.65. The zero-order chi connectivity index (χ0) is 16.3. The number of nitrogens with zero attached hydrogens (tertiary/aromatic N) is 1. The Kier molecular flexibility index (Phi) is 5.57. The quantitative estimate of drug-likeness (QED) is 0.889. The molecule has 0 amide bonds. The summed E-state index contributed by atoms with van der Waals surface area (Å²) in [6.45, 7) is 6.30. The summed E-state index contributed by atoms with van der Waals surface area (Å²) in [4.78, 5) is 2.53. The molecule has 6 heteroatoms. The summed E-state index contributed by atoms with van der Waals surface area (Å²) in [5.41, 5.74) is 0.791. The molecule has 128 valence electrons. The second-order valence-electron chi connectivity index (χ2n) is 6.43. The van der Waals surface area contributed by atoms with Crippen molar-refractivity contribution in [2.24, 2.45) is 0 Å². The normalized spacial score (nSPS) is 27.3. The van der Waals surface area contributed by atoms with Crippen molar-refractivity contribution in [1.29, 1.82) is 0 Å². The van der Waals surface area contributed by atoms with Crippen LogP contribution >= 0.6 is 11.8 Å². The molecule has 1 aromatic carbocycles. The predicted molar refractivity (Wildman–Crippen MR) is 89.8 cm³/mol. The van der Waals surface area contributed by atoms with E-state index in [-0.39, 0.29) is 11.6 Å². The number of hydrogen-bond donors (Lipinski definition) is 1. The van der Waals surface area contributed by atoms with E-state index in [4.69, 9.17) is 4.74 Å². The fraction of sp³-hybridized carbons (Fsp3) is 0.647. The van der Waals surface area contributed by atoms with Gasteiger partial charge in [-0.1, -0.05) is 0 Å². The van der Waals surface area contributed by atoms with Crippen molar-refractivity contribution in [1.82, 2.24) is 10.2 Å². The van der Waals surface area contributed by atoms with Crippen LogP contribution in [0.1, 0.15) is 24.9 Å². The zero-order valence-electron chi connectivity index (χ0n) is 13.5. The van der Waals surface area contributed by atoms with Crippen molar-refractivity contribution in [2.75, 3.05) is 44.4 Å². The first-order chi connectivity index (χ1) is 11.1. The molecule has 0 bridgehead atoms. The Labute approximate surface area is 140 Å². The van der Waals surface area contributed by atoms with Gasteiger partial charge in [0, 0.05) is 43.0 Å². The third-order valence-electron chi connectivity index (χ3n) is 4.89.